The molecule has 196 valence electrons. The SMILES string of the molecule is CCN(C)c1nccc(N2CCC(Oc3ccc(C(C)NC(=O)c4sc(NC(C)=O)nc4C)cc3)C2)n1. The smallest absolute Gasteiger partial charge is 0.263 e. The molecule has 2 unspecified atom stereocenters. The van der Waals surface area contributed by atoms with Gasteiger partial charge < -0.3 is 25.2 Å². The average Bonchev–Trinajstić information content (AvgIpc) is 3.49. The van der Waals surface area contributed by atoms with Gasteiger partial charge in [0.2, 0.25) is 11.9 Å². The van der Waals surface area contributed by atoms with Crippen LogP contribution in [0.4, 0.5) is 16.9 Å². The van der Waals surface area contributed by atoms with Crippen molar-refractivity contribution >= 4 is 40.0 Å². The second-order valence-corrected chi connectivity index (χ2v) is 10.1. The summed E-state index contributed by atoms with van der Waals surface area (Å²) in [5.41, 5.74) is 1.55. The Morgan fingerprint density at radius 2 is 2.00 bits per heavy atom. The number of nitrogens with zero attached hydrogens (tertiary/aromatic N) is 5. The Balaban J connectivity index is 1.32. The first-order chi connectivity index (χ1) is 17.7. The van der Waals surface area contributed by atoms with Crippen LogP contribution in [0.2, 0.25) is 0 Å². The van der Waals surface area contributed by atoms with Gasteiger partial charge in [0.1, 0.15) is 22.5 Å². The first-order valence-electron chi connectivity index (χ1n) is 12.3. The fraction of sp³-hybridized carbons (Fsp3) is 0.423. The number of amides is 2. The highest BCUT2D eigenvalue weighted by atomic mass is 32.1. The Morgan fingerprint density at radius 3 is 2.70 bits per heavy atom. The summed E-state index contributed by atoms with van der Waals surface area (Å²) in [7, 11) is 1.98. The Kier molecular flexibility index (Phi) is 8.22. The van der Waals surface area contributed by atoms with Gasteiger partial charge in [0.25, 0.3) is 5.91 Å². The number of anilines is 3. The molecule has 2 atom stereocenters. The van der Waals surface area contributed by atoms with Crippen LogP contribution in [0.25, 0.3) is 0 Å². The van der Waals surface area contributed by atoms with E-state index in [4.69, 9.17) is 9.72 Å². The maximum absolute atomic E-state index is 12.8. The van der Waals surface area contributed by atoms with Crippen molar-refractivity contribution in [3.8, 4) is 5.75 Å². The van der Waals surface area contributed by atoms with Crippen LogP contribution in [0, 0.1) is 6.92 Å². The molecule has 1 fully saturated rings. The predicted octanol–water partition coefficient (Wildman–Crippen LogP) is 3.80. The first kappa shape index (κ1) is 26.3. The molecule has 3 heterocycles. The summed E-state index contributed by atoms with van der Waals surface area (Å²) in [6, 6.07) is 9.54. The number of carbonyl (C=O) groups is 2. The van der Waals surface area contributed by atoms with Gasteiger partial charge in [-0.2, -0.15) is 4.98 Å². The molecule has 2 aromatic heterocycles. The molecule has 4 rings (SSSR count). The molecule has 0 bridgehead atoms. The van der Waals surface area contributed by atoms with E-state index in [-0.39, 0.29) is 24.0 Å². The highest BCUT2D eigenvalue weighted by Gasteiger charge is 2.26. The van der Waals surface area contributed by atoms with Crippen molar-refractivity contribution in [3.05, 3.63) is 52.7 Å². The summed E-state index contributed by atoms with van der Waals surface area (Å²) in [5.74, 6) is 1.99. The Labute approximate surface area is 221 Å². The Morgan fingerprint density at radius 1 is 1.24 bits per heavy atom. The number of carbonyl (C=O) groups excluding carboxylic acids is 2. The molecule has 1 aliphatic heterocycles. The Hall–Kier alpha value is -3.73. The number of ether oxygens (including phenoxy) is 1. The van der Waals surface area contributed by atoms with Crippen molar-refractivity contribution in [1.29, 1.82) is 0 Å². The van der Waals surface area contributed by atoms with Gasteiger partial charge in [0.15, 0.2) is 5.13 Å². The molecular formula is C26H33N7O3S. The number of aromatic nitrogens is 3. The zero-order valence-electron chi connectivity index (χ0n) is 21.8. The lowest BCUT2D eigenvalue weighted by Crippen LogP contribution is -2.27. The summed E-state index contributed by atoms with van der Waals surface area (Å²) in [6.07, 6.45) is 2.78. The van der Waals surface area contributed by atoms with Gasteiger partial charge in [0, 0.05) is 39.7 Å². The van der Waals surface area contributed by atoms with Gasteiger partial charge in [-0.3, -0.25) is 9.59 Å². The van der Waals surface area contributed by atoms with Gasteiger partial charge in [-0.25, -0.2) is 9.97 Å². The molecule has 0 saturated carbocycles. The number of nitrogens with one attached hydrogen (secondary N) is 2. The van der Waals surface area contributed by atoms with Crippen LogP contribution < -0.4 is 25.2 Å². The van der Waals surface area contributed by atoms with Crippen LogP contribution in [0.15, 0.2) is 36.5 Å². The quantitative estimate of drug-likeness (QED) is 0.436. The molecule has 10 nitrogen and oxygen atoms in total. The molecule has 0 spiro atoms. The molecule has 0 radical (unpaired) electrons. The minimum absolute atomic E-state index is 0.0670. The second-order valence-electron chi connectivity index (χ2n) is 9.08. The van der Waals surface area contributed by atoms with Crippen molar-refractivity contribution in [2.75, 3.05) is 41.8 Å². The van der Waals surface area contributed by atoms with Crippen molar-refractivity contribution in [3.63, 3.8) is 0 Å². The minimum atomic E-state index is -0.219. The van der Waals surface area contributed by atoms with E-state index in [9.17, 15) is 9.59 Å². The predicted molar refractivity (Wildman–Crippen MR) is 146 cm³/mol. The van der Waals surface area contributed by atoms with E-state index in [1.54, 1.807) is 13.1 Å². The normalized spacial score (nSPS) is 15.8. The first-order valence-corrected chi connectivity index (χ1v) is 13.2. The fourth-order valence-electron chi connectivity index (χ4n) is 4.06. The topological polar surface area (TPSA) is 113 Å². The monoisotopic (exact) mass is 523 g/mol. The lowest BCUT2D eigenvalue weighted by atomic mass is 10.1. The third-order valence-electron chi connectivity index (χ3n) is 6.23. The molecular weight excluding hydrogens is 490 g/mol. The summed E-state index contributed by atoms with van der Waals surface area (Å²) in [6.45, 7) is 9.65. The van der Waals surface area contributed by atoms with Crippen LogP contribution in [-0.2, 0) is 4.79 Å². The van der Waals surface area contributed by atoms with Gasteiger partial charge >= 0.3 is 0 Å². The largest absolute Gasteiger partial charge is 0.489 e. The van der Waals surface area contributed by atoms with Crippen LogP contribution in [0.1, 0.15) is 54.2 Å². The molecule has 3 aromatic rings. The second kappa shape index (κ2) is 11.5. The molecule has 1 aromatic carbocycles. The number of benzene rings is 1. The van der Waals surface area contributed by atoms with Gasteiger partial charge in [-0.1, -0.05) is 23.5 Å². The van der Waals surface area contributed by atoms with Gasteiger partial charge in [-0.15, -0.1) is 0 Å². The number of thiazole rings is 1. The van der Waals surface area contributed by atoms with E-state index in [0.717, 1.165) is 49.1 Å². The molecule has 1 aliphatic rings. The number of hydrogen-bond acceptors (Lipinski definition) is 9. The maximum atomic E-state index is 12.8. The summed E-state index contributed by atoms with van der Waals surface area (Å²) in [4.78, 5) is 42.1. The van der Waals surface area contributed by atoms with E-state index in [0.29, 0.717) is 15.7 Å². The highest BCUT2D eigenvalue weighted by Crippen LogP contribution is 2.26. The third kappa shape index (κ3) is 6.53. The lowest BCUT2D eigenvalue weighted by Gasteiger charge is -2.20. The van der Waals surface area contributed by atoms with E-state index in [1.165, 1.54) is 18.3 Å². The molecule has 11 heteroatoms. The summed E-state index contributed by atoms with van der Waals surface area (Å²) >= 11 is 1.17. The standard InChI is InChI=1S/C26H33N7O3S/c1-6-32(5)25-27-13-11-22(31-25)33-14-12-21(15-33)36-20-9-7-19(8-10-20)16(2)28-24(35)23-17(3)29-26(37-23)30-18(4)34/h7-11,13,16,21H,6,12,14-15H2,1-5H3,(H,28,35)(H,29,30,34). The molecule has 1 saturated heterocycles. The maximum Gasteiger partial charge on any atom is 0.263 e. The van der Waals surface area contributed by atoms with Crippen molar-refractivity contribution < 1.29 is 14.3 Å². The van der Waals surface area contributed by atoms with Crippen LogP contribution in [-0.4, -0.2) is 59.6 Å². The van der Waals surface area contributed by atoms with Gasteiger partial charge in [-0.05, 0) is 44.5 Å². The van der Waals surface area contributed by atoms with Crippen LogP contribution >= 0.6 is 11.3 Å². The van der Waals surface area contributed by atoms with E-state index in [1.807, 2.05) is 49.2 Å². The number of hydrogen-bond donors (Lipinski definition) is 2. The van der Waals surface area contributed by atoms with Crippen molar-refractivity contribution in [1.82, 2.24) is 20.3 Å². The van der Waals surface area contributed by atoms with E-state index >= 15 is 0 Å². The molecule has 2 amide bonds. The zero-order chi connectivity index (χ0) is 26.5. The number of aryl methyl sites for hydroxylation is 1. The lowest BCUT2D eigenvalue weighted by molar-refractivity contribution is -0.114. The van der Waals surface area contributed by atoms with Gasteiger partial charge in [0.05, 0.1) is 18.3 Å². The van der Waals surface area contributed by atoms with Crippen LogP contribution in [0.5, 0.6) is 5.75 Å². The number of rotatable bonds is 9. The average molecular weight is 524 g/mol. The Bertz CT molecular complexity index is 1250. The van der Waals surface area contributed by atoms with E-state index in [2.05, 4.69) is 32.4 Å². The van der Waals surface area contributed by atoms with Crippen LogP contribution in [0.3, 0.4) is 0 Å². The molecule has 0 aliphatic carbocycles. The van der Waals surface area contributed by atoms with Crippen molar-refractivity contribution in [2.45, 2.75) is 46.3 Å². The fourth-order valence-corrected chi connectivity index (χ4v) is 4.97. The molecule has 2 N–H and O–H groups in total. The van der Waals surface area contributed by atoms with Crippen molar-refractivity contribution in [2.24, 2.45) is 0 Å². The van der Waals surface area contributed by atoms with E-state index < -0.39 is 0 Å². The minimum Gasteiger partial charge on any atom is -0.489 e. The highest BCUT2D eigenvalue weighted by molar-refractivity contribution is 7.17. The summed E-state index contributed by atoms with van der Waals surface area (Å²) in [5, 5.41) is 6.05. The third-order valence-corrected chi connectivity index (χ3v) is 7.30. The summed E-state index contributed by atoms with van der Waals surface area (Å²) < 4.78 is 6.24. The zero-order valence-corrected chi connectivity index (χ0v) is 22.6. The molecule has 37 heavy (non-hydrogen) atoms.